The van der Waals surface area contributed by atoms with Crippen LogP contribution in [0.2, 0.25) is 0 Å². The van der Waals surface area contributed by atoms with Crippen molar-refractivity contribution in [3.8, 4) is 0 Å². The molecule has 0 aliphatic rings. The topological polar surface area (TPSA) is 132 Å². The van der Waals surface area contributed by atoms with Gasteiger partial charge in [0.05, 0.1) is 16.7 Å². The molecule has 1 aromatic carbocycles. The van der Waals surface area contributed by atoms with Gasteiger partial charge in [0.15, 0.2) is 5.75 Å². The van der Waals surface area contributed by atoms with Gasteiger partial charge in [-0.1, -0.05) is 0 Å². The summed E-state index contributed by atoms with van der Waals surface area (Å²) in [5.41, 5.74) is 0.621. The zero-order valence-electron chi connectivity index (χ0n) is 9.23. The Morgan fingerprint density at radius 1 is 1.32 bits per heavy atom. The lowest BCUT2D eigenvalue weighted by molar-refractivity contribution is -0.134. The third-order valence-corrected chi connectivity index (χ3v) is 4.00. The lowest BCUT2D eigenvalue weighted by Crippen LogP contribution is -2.22. The third kappa shape index (κ3) is 3.15. The van der Waals surface area contributed by atoms with Crippen molar-refractivity contribution in [3.63, 3.8) is 0 Å². The molecule has 2 rings (SSSR count). The number of benzene rings is 1. The first-order valence-electron chi connectivity index (χ1n) is 4.91. The number of anilines is 1. The zero-order valence-corrected chi connectivity index (χ0v) is 11.6. The smallest absolute Gasteiger partial charge is 0.323 e. The lowest BCUT2D eigenvalue weighted by atomic mass is 10.3. The predicted octanol–water partition coefficient (Wildman–Crippen LogP) is 0.445. The van der Waals surface area contributed by atoms with E-state index in [4.69, 9.17) is 5.11 Å². The van der Waals surface area contributed by atoms with E-state index in [1.54, 1.807) is 0 Å². The minimum atomic E-state index is -4.00. The van der Waals surface area contributed by atoms with Gasteiger partial charge in [0.2, 0.25) is 10.0 Å². The van der Waals surface area contributed by atoms with Crippen molar-refractivity contribution >= 4 is 48.6 Å². The van der Waals surface area contributed by atoms with Crippen LogP contribution in [0.25, 0.3) is 11.0 Å². The van der Waals surface area contributed by atoms with Crippen molar-refractivity contribution in [1.29, 1.82) is 0 Å². The Labute approximate surface area is 115 Å². The highest BCUT2D eigenvalue weighted by Gasteiger charge is 2.17. The second-order valence-corrected chi connectivity index (χ2v) is 6.29. The number of carboxylic acids is 1. The van der Waals surface area contributed by atoms with Crippen LogP contribution in [0.4, 0.5) is 5.69 Å². The minimum Gasteiger partial charge on any atom is -0.480 e. The Morgan fingerprint density at radius 3 is 2.47 bits per heavy atom. The largest absolute Gasteiger partial charge is 0.480 e. The molecule has 1 heterocycles. The van der Waals surface area contributed by atoms with Gasteiger partial charge in [-0.25, -0.2) is 13.2 Å². The van der Waals surface area contributed by atoms with Crippen LogP contribution < -0.4 is 10.4 Å². The number of carboxylic acid groups (broad SMARTS) is 1. The van der Waals surface area contributed by atoms with E-state index in [2.05, 4.69) is 30.6 Å². The van der Waals surface area contributed by atoms with Crippen LogP contribution in [0.15, 0.2) is 21.4 Å². The molecule has 0 amide bonds. The molecule has 10 heteroatoms. The molecule has 0 aliphatic carbocycles. The molecule has 0 saturated carbocycles. The van der Waals surface area contributed by atoms with E-state index in [1.165, 1.54) is 12.1 Å². The average Bonchev–Trinajstić information content (AvgIpc) is 2.55. The van der Waals surface area contributed by atoms with Crippen LogP contribution in [0.3, 0.4) is 0 Å². The summed E-state index contributed by atoms with van der Waals surface area (Å²) in [6.07, 6.45) is 0. The van der Waals surface area contributed by atoms with Crippen molar-refractivity contribution < 1.29 is 18.3 Å². The molecule has 8 nitrogen and oxygen atoms in total. The Hall–Kier alpha value is -1.81. The van der Waals surface area contributed by atoms with Crippen LogP contribution in [-0.2, 0) is 14.8 Å². The molecule has 0 unspecified atom stereocenters. The molecule has 0 atom stereocenters. The van der Waals surface area contributed by atoms with Crippen molar-refractivity contribution in [1.82, 2.24) is 9.97 Å². The summed E-state index contributed by atoms with van der Waals surface area (Å²) in [4.78, 5) is 26.5. The number of sulfonamides is 1. The maximum Gasteiger partial charge on any atom is 0.323 e. The monoisotopic (exact) mass is 349 g/mol. The van der Waals surface area contributed by atoms with Crippen LogP contribution in [0.1, 0.15) is 0 Å². The molecule has 0 spiro atoms. The number of imidazole rings is 1. The van der Waals surface area contributed by atoms with Gasteiger partial charge in [-0.15, -0.1) is 0 Å². The van der Waals surface area contributed by atoms with E-state index in [0.29, 0.717) is 15.5 Å². The van der Waals surface area contributed by atoms with Crippen molar-refractivity contribution in [2.45, 2.75) is 0 Å². The lowest BCUT2D eigenvalue weighted by Gasteiger charge is -2.08. The molecule has 0 radical (unpaired) electrons. The van der Waals surface area contributed by atoms with E-state index >= 15 is 0 Å². The molecule has 0 bridgehead atoms. The molecule has 1 aromatic heterocycles. The first-order chi connectivity index (χ1) is 8.77. The summed E-state index contributed by atoms with van der Waals surface area (Å²) in [7, 11) is -4.00. The highest BCUT2D eigenvalue weighted by molar-refractivity contribution is 9.10. The van der Waals surface area contributed by atoms with Gasteiger partial charge in [0.25, 0.3) is 0 Å². The van der Waals surface area contributed by atoms with Crippen LogP contribution >= 0.6 is 15.9 Å². The normalized spacial score (nSPS) is 11.6. The maximum atomic E-state index is 11.5. The molecule has 102 valence electrons. The molecule has 19 heavy (non-hydrogen) atoms. The number of H-pyrrole nitrogens is 2. The standard InChI is InChI=1S/C9H8BrN3O5S/c10-4-1-6-7(12-9(16)11-6)2-5(4)13-19(17,18)3-8(14)15/h1-2,13H,3H2,(H,14,15)(H2,11,12,16). The van der Waals surface area contributed by atoms with Gasteiger partial charge < -0.3 is 15.1 Å². The second kappa shape index (κ2) is 4.70. The predicted molar refractivity (Wildman–Crippen MR) is 71.7 cm³/mol. The number of aromatic amines is 2. The van der Waals surface area contributed by atoms with E-state index < -0.39 is 27.4 Å². The first-order valence-corrected chi connectivity index (χ1v) is 7.35. The summed E-state index contributed by atoms with van der Waals surface area (Å²) in [5, 5.41) is 8.49. The van der Waals surface area contributed by atoms with Crippen LogP contribution in [0, 0.1) is 0 Å². The summed E-state index contributed by atoms with van der Waals surface area (Å²) >= 11 is 3.14. The zero-order chi connectivity index (χ0) is 14.2. The van der Waals surface area contributed by atoms with Crippen molar-refractivity contribution in [3.05, 3.63) is 27.1 Å². The molecule has 0 aliphatic heterocycles. The fourth-order valence-corrected chi connectivity index (χ4v) is 2.98. The van der Waals surface area contributed by atoms with Crippen molar-refractivity contribution in [2.75, 3.05) is 10.5 Å². The van der Waals surface area contributed by atoms with E-state index in [9.17, 15) is 18.0 Å². The van der Waals surface area contributed by atoms with Gasteiger partial charge in [-0.05, 0) is 28.1 Å². The number of hydrogen-bond donors (Lipinski definition) is 4. The van der Waals surface area contributed by atoms with Gasteiger partial charge in [0.1, 0.15) is 0 Å². The average molecular weight is 350 g/mol. The fraction of sp³-hybridized carbons (Fsp3) is 0.111. The third-order valence-electron chi connectivity index (χ3n) is 2.18. The number of fused-ring (bicyclic) bond motifs is 1. The molecule has 2 aromatic rings. The van der Waals surface area contributed by atoms with E-state index in [1.807, 2.05) is 0 Å². The van der Waals surface area contributed by atoms with E-state index in [-0.39, 0.29) is 5.69 Å². The summed E-state index contributed by atoms with van der Waals surface area (Å²) in [5.74, 6) is -2.50. The van der Waals surface area contributed by atoms with Crippen molar-refractivity contribution in [2.24, 2.45) is 0 Å². The maximum absolute atomic E-state index is 11.5. The minimum absolute atomic E-state index is 0.143. The Morgan fingerprint density at radius 2 is 1.89 bits per heavy atom. The first kappa shape index (κ1) is 13.6. The number of rotatable bonds is 4. The number of aliphatic carboxylic acids is 1. The fourth-order valence-electron chi connectivity index (χ4n) is 1.50. The van der Waals surface area contributed by atoms with Crippen LogP contribution in [0.5, 0.6) is 0 Å². The van der Waals surface area contributed by atoms with E-state index in [0.717, 1.165) is 0 Å². The number of halogens is 1. The molecule has 0 saturated heterocycles. The highest BCUT2D eigenvalue weighted by atomic mass is 79.9. The summed E-state index contributed by atoms with van der Waals surface area (Å²) in [6.45, 7) is 0. The highest BCUT2D eigenvalue weighted by Crippen LogP contribution is 2.27. The molecular formula is C9H8BrN3O5S. The quantitative estimate of drug-likeness (QED) is 0.635. The molecule has 0 fully saturated rings. The Kier molecular flexibility index (Phi) is 3.37. The SMILES string of the molecule is O=C(O)CS(=O)(=O)Nc1cc2[nH]c(=O)[nH]c2cc1Br. The number of aromatic nitrogens is 2. The van der Waals surface area contributed by atoms with Gasteiger partial charge >= 0.3 is 11.7 Å². The van der Waals surface area contributed by atoms with Crippen LogP contribution in [-0.4, -0.2) is 35.2 Å². The Bertz CT molecular complexity index is 807. The van der Waals surface area contributed by atoms with Gasteiger partial charge in [-0.2, -0.15) is 0 Å². The number of nitrogens with one attached hydrogen (secondary N) is 3. The second-order valence-electron chi connectivity index (χ2n) is 3.71. The van der Waals surface area contributed by atoms with Gasteiger partial charge in [0, 0.05) is 4.47 Å². The number of hydrogen-bond acceptors (Lipinski definition) is 4. The number of carbonyl (C=O) groups is 1. The molecule has 4 N–H and O–H groups in total. The summed E-state index contributed by atoms with van der Waals surface area (Å²) in [6, 6.07) is 2.89. The molecular weight excluding hydrogens is 342 g/mol. The Balaban J connectivity index is 2.42. The van der Waals surface area contributed by atoms with Gasteiger partial charge in [-0.3, -0.25) is 9.52 Å². The summed E-state index contributed by atoms with van der Waals surface area (Å²) < 4.78 is 25.5.